The van der Waals surface area contributed by atoms with Gasteiger partial charge in [-0.15, -0.1) is 0 Å². The minimum Gasteiger partial charge on any atom is -0.454 e. The van der Waals surface area contributed by atoms with Crippen LogP contribution in [0.25, 0.3) is 11.3 Å². The molecule has 0 saturated carbocycles. The SMILES string of the molecule is Cc1[nH]nc(-c2ccc3c(c2)OCO3)c1NC(=O)C(C)C. The van der Waals surface area contributed by atoms with E-state index in [2.05, 4.69) is 15.5 Å². The molecule has 0 radical (unpaired) electrons. The van der Waals surface area contributed by atoms with Gasteiger partial charge in [-0.1, -0.05) is 13.8 Å². The number of aromatic amines is 1. The molecule has 6 heteroatoms. The van der Waals surface area contributed by atoms with E-state index in [0.29, 0.717) is 17.1 Å². The molecule has 1 aromatic carbocycles. The average Bonchev–Trinajstić information content (AvgIpc) is 3.05. The summed E-state index contributed by atoms with van der Waals surface area (Å²) in [6, 6.07) is 5.60. The lowest BCUT2D eigenvalue weighted by Gasteiger charge is -2.09. The second kappa shape index (κ2) is 5.12. The summed E-state index contributed by atoms with van der Waals surface area (Å²) in [5, 5.41) is 10.1. The highest BCUT2D eigenvalue weighted by atomic mass is 16.7. The lowest BCUT2D eigenvalue weighted by atomic mass is 10.1. The number of anilines is 1. The second-order valence-corrected chi connectivity index (χ2v) is 5.28. The smallest absolute Gasteiger partial charge is 0.231 e. The van der Waals surface area contributed by atoms with Crippen LogP contribution >= 0.6 is 0 Å². The van der Waals surface area contributed by atoms with Crippen molar-refractivity contribution in [3.05, 3.63) is 23.9 Å². The van der Waals surface area contributed by atoms with E-state index in [4.69, 9.17) is 9.47 Å². The number of fused-ring (bicyclic) bond motifs is 1. The standard InChI is InChI=1S/C15H17N3O3/c1-8(2)15(19)16-13-9(3)17-18-14(13)10-4-5-11-12(6-10)21-7-20-11/h4-6,8H,7H2,1-3H3,(H,16,19)(H,17,18). The van der Waals surface area contributed by atoms with Gasteiger partial charge >= 0.3 is 0 Å². The maximum Gasteiger partial charge on any atom is 0.231 e. The zero-order chi connectivity index (χ0) is 15.0. The van der Waals surface area contributed by atoms with Crippen LogP contribution in [0.4, 0.5) is 5.69 Å². The predicted molar refractivity (Wildman–Crippen MR) is 78.4 cm³/mol. The highest BCUT2D eigenvalue weighted by molar-refractivity contribution is 5.96. The summed E-state index contributed by atoms with van der Waals surface area (Å²) in [6.45, 7) is 5.81. The van der Waals surface area contributed by atoms with Gasteiger partial charge in [0.25, 0.3) is 0 Å². The molecule has 0 aliphatic carbocycles. The van der Waals surface area contributed by atoms with Crippen molar-refractivity contribution in [2.75, 3.05) is 12.1 Å². The van der Waals surface area contributed by atoms with E-state index in [9.17, 15) is 4.79 Å². The topological polar surface area (TPSA) is 76.2 Å². The minimum atomic E-state index is -0.0936. The van der Waals surface area contributed by atoms with Crippen LogP contribution in [0.5, 0.6) is 11.5 Å². The predicted octanol–water partition coefficient (Wildman–Crippen LogP) is 2.71. The van der Waals surface area contributed by atoms with E-state index in [0.717, 1.165) is 17.0 Å². The molecule has 0 fully saturated rings. The maximum absolute atomic E-state index is 11.9. The number of carbonyl (C=O) groups is 1. The van der Waals surface area contributed by atoms with Crippen molar-refractivity contribution in [3.63, 3.8) is 0 Å². The molecule has 2 N–H and O–H groups in total. The summed E-state index contributed by atoms with van der Waals surface area (Å²) in [6.07, 6.45) is 0. The summed E-state index contributed by atoms with van der Waals surface area (Å²) >= 11 is 0. The normalized spacial score (nSPS) is 12.8. The quantitative estimate of drug-likeness (QED) is 0.910. The van der Waals surface area contributed by atoms with Gasteiger partial charge in [0.2, 0.25) is 12.7 Å². The summed E-state index contributed by atoms with van der Waals surface area (Å²) in [5.74, 6) is 1.28. The number of hydrogen-bond donors (Lipinski definition) is 2. The van der Waals surface area contributed by atoms with E-state index in [1.165, 1.54) is 0 Å². The molecule has 0 bridgehead atoms. The van der Waals surface area contributed by atoms with E-state index in [1.54, 1.807) is 0 Å². The fourth-order valence-electron chi connectivity index (χ4n) is 2.10. The van der Waals surface area contributed by atoms with Crippen LogP contribution in [0.3, 0.4) is 0 Å². The van der Waals surface area contributed by atoms with Gasteiger partial charge in [0.15, 0.2) is 11.5 Å². The van der Waals surface area contributed by atoms with Gasteiger partial charge in [0.1, 0.15) is 5.69 Å². The first-order valence-electron chi connectivity index (χ1n) is 6.82. The molecule has 2 heterocycles. The lowest BCUT2D eigenvalue weighted by Crippen LogP contribution is -2.18. The zero-order valence-electron chi connectivity index (χ0n) is 12.2. The van der Waals surface area contributed by atoms with Crippen molar-refractivity contribution < 1.29 is 14.3 Å². The summed E-state index contributed by atoms with van der Waals surface area (Å²) in [4.78, 5) is 11.9. The second-order valence-electron chi connectivity index (χ2n) is 5.28. The Morgan fingerprint density at radius 3 is 2.86 bits per heavy atom. The molecule has 1 aliphatic heterocycles. The van der Waals surface area contributed by atoms with Gasteiger partial charge in [-0.05, 0) is 25.1 Å². The molecule has 1 amide bonds. The van der Waals surface area contributed by atoms with Crippen LogP contribution in [-0.4, -0.2) is 22.9 Å². The maximum atomic E-state index is 11.9. The van der Waals surface area contributed by atoms with E-state index in [1.807, 2.05) is 39.0 Å². The zero-order valence-corrected chi connectivity index (χ0v) is 12.2. The van der Waals surface area contributed by atoms with Crippen LogP contribution in [-0.2, 0) is 4.79 Å². The number of ether oxygens (including phenoxy) is 2. The number of hydrogen-bond acceptors (Lipinski definition) is 4. The minimum absolute atomic E-state index is 0.0403. The largest absolute Gasteiger partial charge is 0.454 e. The van der Waals surface area contributed by atoms with Crippen molar-refractivity contribution in [1.82, 2.24) is 10.2 Å². The number of benzene rings is 1. The van der Waals surface area contributed by atoms with Crippen molar-refractivity contribution >= 4 is 11.6 Å². The highest BCUT2D eigenvalue weighted by Gasteiger charge is 2.19. The van der Waals surface area contributed by atoms with Crippen molar-refractivity contribution in [1.29, 1.82) is 0 Å². The Labute approximate surface area is 122 Å². The first kappa shape index (κ1) is 13.5. The van der Waals surface area contributed by atoms with Gasteiger partial charge < -0.3 is 14.8 Å². The van der Waals surface area contributed by atoms with E-state index < -0.39 is 0 Å². The Kier molecular flexibility index (Phi) is 3.29. The Bertz CT molecular complexity index is 691. The van der Waals surface area contributed by atoms with Crippen molar-refractivity contribution in [3.8, 4) is 22.8 Å². The van der Waals surface area contributed by atoms with Crippen LogP contribution in [0.2, 0.25) is 0 Å². The van der Waals surface area contributed by atoms with Gasteiger partial charge in [-0.2, -0.15) is 5.10 Å². The fourth-order valence-corrected chi connectivity index (χ4v) is 2.10. The molecule has 0 saturated heterocycles. The van der Waals surface area contributed by atoms with Crippen LogP contribution < -0.4 is 14.8 Å². The molecule has 2 aromatic rings. The molecule has 0 spiro atoms. The number of nitrogens with zero attached hydrogens (tertiary/aromatic N) is 1. The molecule has 21 heavy (non-hydrogen) atoms. The molecule has 6 nitrogen and oxygen atoms in total. The van der Waals surface area contributed by atoms with Gasteiger partial charge in [-0.3, -0.25) is 9.89 Å². The van der Waals surface area contributed by atoms with Crippen LogP contribution in [0.15, 0.2) is 18.2 Å². The third-order valence-electron chi connectivity index (χ3n) is 3.37. The first-order chi connectivity index (χ1) is 10.1. The molecule has 1 aromatic heterocycles. The highest BCUT2D eigenvalue weighted by Crippen LogP contribution is 2.37. The van der Waals surface area contributed by atoms with E-state index in [-0.39, 0.29) is 18.6 Å². The van der Waals surface area contributed by atoms with Crippen molar-refractivity contribution in [2.24, 2.45) is 5.92 Å². The molecule has 0 unspecified atom stereocenters. The average molecular weight is 287 g/mol. The molecule has 3 rings (SSSR count). The Morgan fingerprint density at radius 2 is 2.10 bits per heavy atom. The van der Waals surface area contributed by atoms with Crippen LogP contribution in [0, 0.1) is 12.8 Å². The third kappa shape index (κ3) is 2.44. The Hall–Kier alpha value is -2.50. The third-order valence-corrected chi connectivity index (χ3v) is 3.37. The molecule has 1 aliphatic rings. The Morgan fingerprint density at radius 1 is 1.33 bits per heavy atom. The van der Waals surface area contributed by atoms with Gasteiger partial charge in [0, 0.05) is 11.5 Å². The number of H-pyrrole nitrogens is 1. The molecular weight excluding hydrogens is 270 g/mol. The van der Waals surface area contributed by atoms with Crippen molar-refractivity contribution in [2.45, 2.75) is 20.8 Å². The number of aryl methyl sites for hydroxylation is 1. The van der Waals surface area contributed by atoms with Crippen LogP contribution in [0.1, 0.15) is 19.5 Å². The van der Waals surface area contributed by atoms with Gasteiger partial charge in [-0.25, -0.2) is 0 Å². The molecule has 110 valence electrons. The number of nitrogens with one attached hydrogen (secondary N) is 2. The summed E-state index contributed by atoms with van der Waals surface area (Å²) < 4.78 is 10.7. The lowest BCUT2D eigenvalue weighted by molar-refractivity contribution is -0.118. The first-order valence-corrected chi connectivity index (χ1v) is 6.82. The number of rotatable bonds is 3. The molecular formula is C15H17N3O3. The number of carbonyl (C=O) groups excluding carboxylic acids is 1. The Balaban J connectivity index is 1.97. The van der Waals surface area contributed by atoms with Gasteiger partial charge in [0.05, 0.1) is 11.4 Å². The number of aromatic nitrogens is 2. The summed E-state index contributed by atoms with van der Waals surface area (Å²) in [7, 11) is 0. The summed E-state index contributed by atoms with van der Waals surface area (Å²) in [5.41, 5.74) is 3.08. The van der Waals surface area contributed by atoms with E-state index >= 15 is 0 Å². The molecule has 0 atom stereocenters. The fraction of sp³-hybridized carbons (Fsp3) is 0.333. The number of amides is 1. The monoisotopic (exact) mass is 287 g/mol.